The van der Waals surface area contributed by atoms with E-state index < -0.39 is 11.9 Å². The van der Waals surface area contributed by atoms with Gasteiger partial charge in [-0.2, -0.15) is 13.2 Å². The molecule has 19 heavy (non-hydrogen) atoms. The molecule has 0 N–H and O–H groups in total. The summed E-state index contributed by atoms with van der Waals surface area (Å²) in [5.41, 5.74) is -0.335. The summed E-state index contributed by atoms with van der Waals surface area (Å²) in [6.07, 6.45) is -3.36. The summed E-state index contributed by atoms with van der Waals surface area (Å²) in [5, 5.41) is 0.304. The van der Waals surface area contributed by atoms with Crippen LogP contribution >= 0.6 is 11.3 Å². The number of hydrogen-bond acceptors (Lipinski definition) is 3. The lowest BCUT2D eigenvalue weighted by Crippen LogP contribution is -2.09. The first-order chi connectivity index (χ1) is 9.05. The third-order valence-corrected chi connectivity index (χ3v) is 3.58. The predicted molar refractivity (Wildman–Crippen MR) is 66.7 cm³/mol. The Hall–Kier alpha value is -1.95. The highest BCUT2D eigenvalue weighted by Gasteiger charge is 2.36. The molecule has 0 atom stereocenters. The van der Waals surface area contributed by atoms with Crippen molar-refractivity contribution in [2.45, 2.75) is 6.18 Å². The van der Waals surface area contributed by atoms with Crippen molar-refractivity contribution in [1.82, 2.24) is 9.97 Å². The molecule has 2 aromatic heterocycles. The van der Waals surface area contributed by atoms with Gasteiger partial charge < -0.3 is 0 Å². The molecule has 3 aromatic rings. The molecule has 0 aliphatic heterocycles. The summed E-state index contributed by atoms with van der Waals surface area (Å²) >= 11 is 1.20. The van der Waals surface area contributed by atoms with Gasteiger partial charge in [-0.25, -0.2) is 4.98 Å². The van der Waals surface area contributed by atoms with E-state index in [0.717, 1.165) is 10.9 Å². The summed E-state index contributed by atoms with van der Waals surface area (Å²) in [5.74, 6) is 0. The normalized spacial score (nSPS) is 11.9. The van der Waals surface area contributed by atoms with Crippen molar-refractivity contribution < 1.29 is 13.2 Å². The highest BCUT2D eigenvalue weighted by atomic mass is 32.1. The maximum atomic E-state index is 12.9. The van der Waals surface area contributed by atoms with Crippen LogP contribution in [-0.2, 0) is 6.18 Å². The van der Waals surface area contributed by atoms with E-state index in [9.17, 15) is 13.2 Å². The zero-order valence-corrected chi connectivity index (χ0v) is 10.2. The maximum absolute atomic E-state index is 12.9. The number of nitrogens with zero attached hydrogens (tertiary/aromatic N) is 2. The molecule has 0 aliphatic rings. The van der Waals surface area contributed by atoms with Gasteiger partial charge in [0.2, 0.25) is 0 Å². The number of alkyl halides is 3. The van der Waals surface area contributed by atoms with E-state index in [1.165, 1.54) is 23.5 Å². The van der Waals surface area contributed by atoms with Gasteiger partial charge in [-0.05, 0) is 18.2 Å². The van der Waals surface area contributed by atoms with Crippen molar-refractivity contribution >= 4 is 21.6 Å². The van der Waals surface area contributed by atoms with E-state index in [1.54, 1.807) is 18.2 Å². The Morgan fingerprint density at radius 2 is 2.00 bits per heavy atom. The molecule has 2 heterocycles. The minimum atomic E-state index is -4.49. The van der Waals surface area contributed by atoms with Gasteiger partial charge in [0.15, 0.2) is 5.69 Å². The monoisotopic (exact) mass is 279 g/mol. The van der Waals surface area contributed by atoms with Gasteiger partial charge in [0.25, 0.3) is 0 Å². The van der Waals surface area contributed by atoms with Gasteiger partial charge in [0.05, 0.1) is 10.2 Å². The van der Waals surface area contributed by atoms with Crippen LogP contribution in [0.3, 0.4) is 0 Å². The molecule has 0 unspecified atom stereocenters. The van der Waals surface area contributed by atoms with Crippen LogP contribution in [0.5, 0.6) is 0 Å². The Morgan fingerprint density at radius 1 is 1.16 bits per heavy atom. The quantitative estimate of drug-likeness (QED) is 0.668. The van der Waals surface area contributed by atoms with Gasteiger partial charge >= 0.3 is 6.18 Å². The molecule has 0 saturated carbocycles. The fourth-order valence-electron chi connectivity index (χ4n) is 1.73. The van der Waals surface area contributed by atoms with Crippen LogP contribution in [0.2, 0.25) is 0 Å². The number of halogens is 3. The van der Waals surface area contributed by atoms with Gasteiger partial charge in [-0.1, -0.05) is 12.1 Å². The molecule has 0 spiro atoms. The van der Waals surface area contributed by atoms with Crippen LogP contribution in [0.1, 0.15) is 5.69 Å². The third kappa shape index (κ3) is 2.19. The maximum Gasteiger partial charge on any atom is 0.434 e. The molecule has 3 rings (SSSR count). The SMILES string of the molecule is FC(F)(F)c1ncccc1-c1nc2[c]cccc2s1. The van der Waals surface area contributed by atoms with Crippen molar-refractivity contribution in [1.29, 1.82) is 0 Å². The third-order valence-electron chi connectivity index (χ3n) is 2.52. The first-order valence-electron chi connectivity index (χ1n) is 5.35. The summed E-state index contributed by atoms with van der Waals surface area (Å²) in [4.78, 5) is 7.61. The lowest BCUT2D eigenvalue weighted by Gasteiger charge is -2.08. The number of aromatic nitrogens is 2. The number of benzene rings is 1. The molecular weight excluding hydrogens is 273 g/mol. The Labute approximate surface area is 110 Å². The summed E-state index contributed by atoms with van der Waals surface area (Å²) < 4.78 is 39.5. The van der Waals surface area contributed by atoms with Gasteiger partial charge in [0.1, 0.15) is 5.01 Å². The lowest BCUT2D eigenvalue weighted by molar-refractivity contribution is -0.140. The molecular formula is C13H6F3N2S. The van der Waals surface area contributed by atoms with Crippen molar-refractivity contribution in [3.8, 4) is 10.6 Å². The van der Waals surface area contributed by atoms with Crippen LogP contribution in [-0.4, -0.2) is 9.97 Å². The topological polar surface area (TPSA) is 25.8 Å². The van der Waals surface area contributed by atoms with Crippen LogP contribution in [0.25, 0.3) is 20.8 Å². The summed E-state index contributed by atoms with van der Waals surface area (Å²) in [7, 11) is 0. The molecule has 1 aromatic carbocycles. The second-order valence-electron chi connectivity index (χ2n) is 3.80. The van der Waals surface area contributed by atoms with Crippen LogP contribution in [0, 0.1) is 6.07 Å². The molecule has 95 valence electrons. The molecule has 0 fully saturated rings. The molecule has 0 aliphatic carbocycles. The number of pyridine rings is 1. The zero-order valence-electron chi connectivity index (χ0n) is 9.40. The van der Waals surface area contributed by atoms with E-state index in [4.69, 9.17) is 0 Å². The number of fused-ring (bicyclic) bond motifs is 1. The van der Waals surface area contributed by atoms with Crippen molar-refractivity contribution in [3.05, 3.63) is 48.3 Å². The summed E-state index contributed by atoms with van der Waals surface area (Å²) in [6, 6.07) is 11.0. The predicted octanol–water partition coefficient (Wildman–Crippen LogP) is 4.18. The summed E-state index contributed by atoms with van der Waals surface area (Å²) in [6.45, 7) is 0. The van der Waals surface area contributed by atoms with E-state index in [-0.39, 0.29) is 5.56 Å². The number of para-hydroxylation sites is 1. The zero-order chi connectivity index (χ0) is 13.5. The van der Waals surface area contributed by atoms with Crippen molar-refractivity contribution in [2.75, 3.05) is 0 Å². The first-order valence-corrected chi connectivity index (χ1v) is 6.17. The minimum absolute atomic E-state index is 0.00426. The first kappa shape index (κ1) is 12.1. The Morgan fingerprint density at radius 3 is 2.74 bits per heavy atom. The second-order valence-corrected chi connectivity index (χ2v) is 4.83. The Balaban J connectivity index is 2.22. The molecule has 1 radical (unpaired) electrons. The Kier molecular flexibility index (Phi) is 2.74. The van der Waals surface area contributed by atoms with Crippen LogP contribution in [0.4, 0.5) is 13.2 Å². The number of rotatable bonds is 1. The lowest BCUT2D eigenvalue weighted by atomic mass is 10.2. The molecule has 0 saturated heterocycles. The number of hydrogen-bond donors (Lipinski definition) is 0. The number of thiazole rings is 1. The Bertz CT molecular complexity index is 701. The van der Waals surface area contributed by atoms with Crippen molar-refractivity contribution in [2.24, 2.45) is 0 Å². The molecule has 6 heteroatoms. The second kappa shape index (κ2) is 4.31. The van der Waals surface area contributed by atoms with E-state index in [2.05, 4.69) is 16.0 Å². The minimum Gasteiger partial charge on any atom is -0.251 e. The average Bonchev–Trinajstić information content (AvgIpc) is 2.81. The molecule has 0 amide bonds. The molecule has 2 nitrogen and oxygen atoms in total. The fraction of sp³-hybridized carbons (Fsp3) is 0.0769. The fourth-order valence-corrected chi connectivity index (χ4v) is 2.70. The highest BCUT2D eigenvalue weighted by Crippen LogP contribution is 2.38. The van der Waals surface area contributed by atoms with Crippen LogP contribution in [0.15, 0.2) is 36.5 Å². The van der Waals surface area contributed by atoms with E-state index in [0.29, 0.717) is 10.5 Å². The smallest absolute Gasteiger partial charge is 0.251 e. The molecule has 0 bridgehead atoms. The van der Waals surface area contributed by atoms with Gasteiger partial charge in [-0.15, -0.1) is 11.3 Å². The van der Waals surface area contributed by atoms with Gasteiger partial charge in [0, 0.05) is 17.8 Å². The van der Waals surface area contributed by atoms with E-state index >= 15 is 0 Å². The largest absolute Gasteiger partial charge is 0.434 e. The van der Waals surface area contributed by atoms with Crippen molar-refractivity contribution in [3.63, 3.8) is 0 Å². The van der Waals surface area contributed by atoms with E-state index in [1.807, 2.05) is 0 Å². The average molecular weight is 279 g/mol. The standard InChI is InChI=1S/C13H6F3N2S/c14-13(15,16)11-8(4-3-7-17-11)12-18-9-5-1-2-6-10(9)19-12/h1-4,6-7H. The van der Waals surface area contributed by atoms with Gasteiger partial charge in [-0.3, -0.25) is 4.98 Å². The van der Waals surface area contributed by atoms with Crippen LogP contribution < -0.4 is 0 Å². The highest BCUT2D eigenvalue weighted by molar-refractivity contribution is 7.21.